The van der Waals surface area contributed by atoms with Crippen molar-refractivity contribution in [1.82, 2.24) is 15.3 Å². The van der Waals surface area contributed by atoms with Crippen LogP contribution in [-0.4, -0.2) is 55.0 Å². The van der Waals surface area contributed by atoms with E-state index in [-0.39, 0.29) is 12.1 Å². The Morgan fingerprint density at radius 3 is 2.68 bits per heavy atom. The topological polar surface area (TPSA) is 97.8 Å². The number of carbonyl (C=O) groups excluding carboxylic acids is 1. The number of aromatic nitrogens is 2. The van der Waals surface area contributed by atoms with Gasteiger partial charge < -0.3 is 29.7 Å². The molecule has 38 heavy (non-hydrogen) atoms. The number of nitrogens with one attached hydrogen (secondary N) is 2. The van der Waals surface area contributed by atoms with Gasteiger partial charge >= 0.3 is 6.03 Å². The number of fused-ring (bicyclic) bond motifs is 1. The summed E-state index contributed by atoms with van der Waals surface area (Å²) in [5.41, 5.74) is 2.89. The first kappa shape index (κ1) is 25.9. The molecule has 5 rings (SSSR count). The highest BCUT2D eigenvalue weighted by Gasteiger charge is 2.41. The molecule has 1 aromatic heterocycles. The number of ether oxygens (including phenoxy) is 3. The summed E-state index contributed by atoms with van der Waals surface area (Å²) >= 11 is 0. The molecule has 0 saturated carbocycles. The van der Waals surface area contributed by atoms with Crippen molar-refractivity contribution >= 4 is 17.5 Å². The zero-order valence-electron chi connectivity index (χ0n) is 22.2. The van der Waals surface area contributed by atoms with Gasteiger partial charge in [0.1, 0.15) is 17.2 Å². The molecule has 2 aliphatic heterocycles. The van der Waals surface area contributed by atoms with E-state index in [0.29, 0.717) is 50.9 Å². The lowest BCUT2D eigenvalue weighted by Gasteiger charge is -2.35. The first-order valence-electron chi connectivity index (χ1n) is 13.2. The smallest absolute Gasteiger partial charge is 0.319 e. The van der Waals surface area contributed by atoms with E-state index >= 15 is 0 Å². The van der Waals surface area contributed by atoms with Crippen molar-refractivity contribution in [3.05, 3.63) is 65.9 Å². The van der Waals surface area contributed by atoms with E-state index in [1.165, 1.54) is 0 Å². The minimum Gasteiger partial charge on any atom is -0.493 e. The molecule has 0 aliphatic carbocycles. The van der Waals surface area contributed by atoms with Crippen molar-refractivity contribution < 1.29 is 19.0 Å². The van der Waals surface area contributed by atoms with Gasteiger partial charge in [-0.15, -0.1) is 0 Å². The van der Waals surface area contributed by atoms with Gasteiger partial charge in [-0.3, -0.25) is 0 Å². The van der Waals surface area contributed by atoms with Crippen molar-refractivity contribution in [3.8, 4) is 17.1 Å². The van der Waals surface area contributed by atoms with Crippen LogP contribution in [0.2, 0.25) is 0 Å². The molecule has 1 fully saturated rings. The molecule has 3 aromatic rings. The number of amides is 2. The first-order chi connectivity index (χ1) is 18.5. The summed E-state index contributed by atoms with van der Waals surface area (Å²) in [4.78, 5) is 24.3. The molecule has 200 valence electrons. The average molecular weight is 518 g/mol. The molecule has 2 amide bonds. The lowest BCUT2D eigenvalue weighted by atomic mass is 9.96. The fraction of sp³-hybridized carbons (Fsp3) is 0.414. The molecule has 2 unspecified atom stereocenters. The quantitative estimate of drug-likeness (QED) is 0.446. The summed E-state index contributed by atoms with van der Waals surface area (Å²) < 4.78 is 18.1. The highest BCUT2D eigenvalue weighted by molar-refractivity contribution is 5.89. The maximum absolute atomic E-state index is 11.9. The molecule has 0 spiro atoms. The normalized spacial score (nSPS) is 20.6. The largest absolute Gasteiger partial charge is 0.493 e. The lowest BCUT2D eigenvalue weighted by Crippen LogP contribution is -2.44. The van der Waals surface area contributed by atoms with E-state index in [0.717, 1.165) is 34.9 Å². The van der Waals surface area contributed by atoms with E-state index in [2.05, 4.69) is 29.4 Å². The van der Waals surface area contributed by atoms with Crippen LogP contribution in [0, 0.1) is 0 Å². The highest BCUT2D eigenvalue weighted by atomic mass is 16.5. The Morgan fingerprint density at radius 2 is 1.95 bits per heavy atom. The van der Waals surface area contributed by atoms with Crippen LogP contribution < -0.4 is 20.3 Å². The maximum Gasteiger partial charge on any atom is 0.319 e. The zero-order chi connectivity index (χ0) is 26.5. The maximum atomic E-state index is 11.9. The summed E-state index contributed by atoms with van der Waals surface area (Å²) in [7, 11) is 0. The van der Waals surface area contributed by atoms with Gasteiger partial charge in [0.05, 0.1) is 38.2 Å². The third-order valence-corrected chi connectivity index (χ3v) is 6.99. The van der Waals surface area contributed by atoms with Crippen molar-refractivity contribution in [3.63, 3.8) is 0 Å². The van der Waals surface area contributed by atoms with Crippen LogP contribution in [0.15, 0.2) is 54.6 Å². The van der Waals surface area contributed by atoms with E-state index < -0.39 is 5.60 Å². The second-order valence-electron chi connectivity index (χ2n) is 9.81. The number of hydrogen-bond donors (Lipinski definition) is 2. The number of hydrogen-bond acceptors (Lipinski definition) is 7. The van der Waals surface area contributed by atoms with Gasteiger partial charge in [0.2, 0.25) is 0 Å². The number of benzene rings is 2. The van der Waals surface area contributed by atoms with Crippen molar-refractivity contribution in [2.45, 2.75) is 45.4 Å². The van der Waals surface area contributed by atoms with E-state index in [1.54, 1.807) is 0 Å². The number of rotatable bonds is 8. The number of anilines is 2. The van der Waals surface area contributed by atoms with Gasteiger partial charge in [0, 0.05) is 36.3 Å². The van der Waals surface area contributed by atoms with Crippen LogP contribution >= 0.6 is 0 Å². The molecule has 3 heterocycles. The summed E-state index contributed by atoms with van der Waals surface area (Å²) in [5, 5.41) is 5.57. The minimum atomic E-state index is -0.605. The Morgan fingerprint density at radius 1 is 1.16 bits per heavy atom. The second-order valence-corrected chi connectivity index (χ2v) is 9.81. The monoisotopic (exact) mass is 517 g/mol. The Kier molecular flexibility index (Phi) is 7.76. The summed E-state index contributed by atoms with van der Waals surface area (Å²) in [6, 6.07) is 17.3. The molecule has 2 atom stereocenters. The van der Waals surface area contributed by atoms with Crippen molar-refractivity contribution in [1.29, 1.82) is 0 Å². The fourth-order valence-corrected chi connectivity index (χ4v) is 4.86. The van der Waals surface area contributed by atoms with Crippen LogP contribution in [0.4, 0.5) is 16.3 Å². The number of carbonyl (C=O) groups is 1. The third kappa shape index (κ3) is 5.58. The molecular weight excluding hydrogens is 482 g/mol. The van der Waals surface area contributed by atoms with Crippen LogP contribution in [-0.2, 0) is 21.7 Å². The molecule has 2 aromatic carbocycles. The standard InChI is InChI=1S/C29H35N5O4/c1-4-30-28(35)31-22-12-10-21(11-13-22)26-32-25-24(27(33-26)34-15-17-36-18-20(34)2)19-38-29(25,3)14-16-37-23-8-6-5-7-9-23/h5-13,20H,4,14-19H2,1-3H3,(H2,30,31,35). The zero-order valence-corrected chi connectivity index (χ0v) is 22.2. The molecule has 0 bridgehead atoms. The number of morpholine rings is 1. The number of para-hydroxylation sites is 1. The Hall–Kier alpha value is -3.69. The van der Waals surface area contributed by atoms with Gasteiger partial charge in [-0.05, 0) is 57.2 Å². The third-order valence-electron chi connectivity index (χ3n) is 6.99. The number of urea groups is 1. The van der Waals surface area contributed by atoms with E-state index in [1.807, 2.05) is 61.5 Å². The highest BCUT2D eigenvalue weighted by Crippen LogP contribution is 2.43. The van der Waals surface area contributed by atoms with Gasteiger partial charge in [0.25, 0.3) is 0 Å². The number of nitrogens with zero attached hydrogens (tertiary/aromatic N) is 3. The fourth-order valence-electron chi connectivity index (χ4n) is 4.86. The summed E-state index contributed by atoms with van der Waals surface area (Å²) in [6.45, 7) is 9.69. The van der Waals surface area contributed by atoms with Gasteiger partial charge in [-0.1, -0.05) is 18.2 Å². The Labute approximate surface area is 223 Å². The average Bonchev–Trinajstić information content (AvgIpc) is 3.26. The van der Waals surface area contributed by atoms with Crippen molar-refractivity contribution in [2.75, 3.05) is 43.1 Å². The summed E-state index contributed by atoms with van der Waals surface area (Å²) in [5.74, 6) is 2.36. The van der Waals surface area contributed by atoms with Crippen LogP contribution in [0.5, 0.6) is 5.75 Å². The molecule has 1 saturated heterocycles. The Balaban J connectivity index is 1.45. The molecule has 0 radical (unpaired) electrons. The van der Waals surface area contributed by atoms with E-state index in [9.17, 15) is 4.79 Å². The predicted octanol–water partition coefficient (Wildman–Crippen LogP) is 4.72. The van der Waals surface area contributed by atoms with E-state index in [4.69, 9.17) is 24.2 Å². The van der Waals surface area contributed by atoms with Crippen LogP contribution in [0.25, 0.3) is 11.4 Å². The first-order valence-corrected chi connectivity index (χ1v) is 13.2. The minimum absolute atomic E-state index is 0.188. The van der Waals surface area contributed by atoms with Crippen LogP contribution in [0.1, 0.15) is 38.4 Å². The molecule has 9 heteroatoms. The Bertz CT molecular complexity index is 1250. The second kappa shape index (κ2) is 11.4. The van der Waals surface area contributed by atoms with Crippen molar-refractivity contribution in [2.24, 2.45) is 0 Å². The van der Waals surface area contributed by atoms with Crippen LogP contribution in [0.3, 0.4) is 0 Å². The summed E-state index contributed by atoms with van der Waals surface area (Å²) in [6.07, 6.45) is 0.652. The molecule has 9 nitrogen and oxygen atoms in total. The molecule has 2 N–H and O–H groups in total. The van der Waals surface area contributed by atoms with Gasteiger partial charge in [0.15, 0.2) is 5.82 Å². The lowest BCUT2D eigenvalue weighted by molar-refractivity contribution is -0.0391. The van der Waals surface area contributed by atoms with Gasteiger partial charge in [-0.25, -0.2) is 14.8 Å². The SMILES string of the molecule is CCNC(=O)Nc1ccc(-c2nc(N3CCOCC3C)c3c(n2)C(C)(CCOc2ccccc2)OC3)cc1. The molecular formula is C29H35N5O4. The predicted molar refractivity (Wildman–Crippen MR) is 146 cm³/mol. The molecule has 2 aliphatic rings. The van der Waals surface area contributed by atoms with Gasteiger partial charge in [-0.2, -0.15) is 0 Å².